The molecule has 13 heteroatoms. The van der Waals surface area contributed by atoms with E-state index in [1.54, 1.807) is 30.9 Å². The lowest BCUT2D eigenvalue weighted by atomic mass is 9.89. The van der Waals surface area contributed by atoms with E-state index in [4.69, 9.17) is 14.2 Å². The van der Waals surface area contributed by atoms with Crippen LogP contribution < -0.4 is 16.0 Å². The van der Waals surface area contributed by atoms with Crippen LogP contribution in [0.25, 0.3) is 0 Å². The third kappa shape index (κ3) is 11.0. The molecule has 9 atom stereocenters. The highest BCUT2D eigenvalue weighted by atomic mass is 16.5. The number of likely N-dealkylation sites (N-methyl/N-ethyl adjacent to an activating group) is 1. The summed E-state index contributed by atoms with van der Waals surface area (Å²) in [6, 6.07) is 6.63. The highest BCUT2D eigenvalue weighted by Gasteiger charge is 2.43. The third-order valence-corrected chi connectivity index (χ3v) is 11.0. The Morgan fingerprint density at radius 1 is 0.962 bits per heavy atom. The number of likely N-dealkylation sites (tertiary alicyclic amines) is 1. The lowest BCUT2D eigenvalue weighted by Gasteiger charge is -2.41. The van der Waals surface area contributed by atoms with Crippen molar-refractivity contribution in [1.29, 1.82) is 0 Å². The minimum Gasteiger partial charge on any atom is -0.467 e. The maximum Gasteiger partial charge on any atom is 0.328 e. The van der Waals surface area contributed by atoms with Gasteiger partial charge < -0.3 is 40.0 Å². The number of ether oxygens (including phenoxy) is 3. The number of hydrogen-bond acceptors (Lipinski definition) is 9. The number of benzene rings is 1. The molecule has 0 aliphatic carbocycles. The molecule has 2 aliphatic heterocycles. The monoisotopic (exact) mass is 729 g/mol. The van der Waals surface area contributed by atoms with Gasteiger partial charge in [0.25, 0.3) is 0 Å². The quantitative estimate of drug-likeness (QED) is 0.182. The number of carbonyl (C=O) groups is 5. The Kier molecular flexibility index (Phi) is 17.0. The Morgan fingerprint density at radius 3 is 2.21 bits per heavy atom. The van der Waals surface area contributed by atoms with E-state index in [0.717, 1.165) is 37.8 Å². The topological polar surface area (TPSA) is 156 Å². The number of nitrogens with zero attached hydrogens (tertiary/aromatic N) is 2. The van der Waals surface area contributed by atoms with Crippen LogP contribution in [0.4, 0.5) is 0 Å². The van der Waals surface area contributed by atoms with E-state index < -0.39 is 42.2 Å². The summed E-state index contributed by atoms with van der Waals surface area (Å²) in [6.07, 6.45) is 2.79. The van der Waals surface area contributed by atoms with E-state index in [2.05, 4.69) is 16.0 Å². The van der Waals surface area contributed by atoms with Gasteiger partial charge in [-0.1, -0.05) is 71.4 Å². The van der Waals surface area contributed by atoms with Gasteiger partial charge in [0.05, 0.1) is 49.8 Å². The molecule has 292 valence electrons. The van der Waals surface area contributed by atoms with Crippen molar-refractivity contribution in [2.45, 2.75) is 122 Å². The Hall–Kier alpha value is -3.55. The summed E-state index contributed by atoms with van der Waals surface area (Å²) in [4.78, 5) is 70.9. The Labute approximate surface area is 310 Å². The summed E-state index contributed by atoms with van der Waals surface area (Å²) in [5, 5.41) is 9.04. The van der Waals surface area contributed by atoms with Crippen molar-refractivity contribution in [3.8, 4) is 0 Å². The molecule has 1 aromatic rings. The van der Waals surface area contributed by atoms with Crippen LogP contribution in [0.5, 0.6) is 0 Å². The molecule has 0 saturated carbocycles. The first-order valence-electron chi connectivity index (χ1n) is 18.9. The fourth-order valence-electron chi connectivity index (χ4n) is 7.69. The first-order chi connectivity index (χ1) is 24.8. The minimum absolute atomic E-state index is 0.0167. The summed E-state index contributed by atoms with van der Waals surface area (Å²) in [5.74, 6) is -2.35. The molecule has 0 radical (unpaired) electrons. The van der Waals surface area contributed by atoms with Gasteiger partial charge in [-0.25, -0.2) is 4.79 Å². The number of nitrogens with one attached hydrogen (secondary N) is 3. The van der Waals surface area contributed by atoms with Crippen molar-refractivity contribution >= 4 is 29.6 Å². The second-order valence-corrected chi connectivity index (χ2v) is 14.7. The third-order valence-electron chi connectivity index (χ3n) is 11.0. The molecule has 4 amide bonds. The predicted octanol–water partition coefficient (Wildman–Crippen LogP) is 2.70. The molecule has 2 heterocycles. The molecular weight excluding hydrogens is 666 g/mol. The zero-order chi connectivity index (χ0) is 38.5. The maximum atomic E-state index is 14.2. The van der Waals surface area contributed by atoms with Gasteiger partial charge in [-0.15, -0.1) is 0 Å². The average molecular weight is 730 g/mol. The lowest BCUT2D eigenvalue weighted by Crippen LogP contribution is -2.59. The SMILES string of the molecule is CC[C@H](C)[C@@H]([C@@H](CC(=O)N1CCC[C@H]1[C@H](OC)[C@@H](C)C(=O)N[C@@H](Cc1ccccc1)C(=O)OC)OC)N(C)C(=O)[C@@H](NC(=O)[C@@H]1CCCN1)C(C)C. The van der Waals surface area contributed by atoms with Crippen LogP contribution in [0, 0.1) is 17.8 Å². The summed E-state index contributed by atoms with van der Waals surface area (Å²) in [5.41, 5.74) is 0.878. The van der Waals surface area contributed by atoms with Gasteiger partial charge >= 0.3 is 5.97 Å². The summed E-state index contributed by atoms with van der Waals surface area (Å²) >= 11 is 0. The molecule has 0 bridgehead atoms. The molecule has 0 unspecified atom stereocenters. The second-order valence-electron chi connectivity index (χ2n) is 14.7. The van der Waals surface area contributed by atoms with Crippen molar-refractivity contribution < 1.29 is 38.2 Å². The zero-order valence-electron chi connectivity index (χ0n) is 32.7. The van der Waals surface area contributed by atoms with Crippen LogP contribution in [-0.2, 0) is 44.6 Å². The first-order valence-corrected chi connectivity index (χ1v) is 18.9. The fourth-order valence-corrected chi connectivity index (χ4v) is 7.69. The second kappa shape index (κ2) is 20.6. The molecule has 13 nitrogen and oxygen atoms in total. The van der Waals surface area contributed by atoms with Gasteiger partial charge in [0.2, 0.25) is 23.6 Å². The van der Waals surface area contributed by atoms with Crippen LogP contribution >= 0.6 is 0 Å². The van der Waals surface area contributed by atoms with E-state index in [9.17, 15) is 24.0 Å². The van der Waals surface area contributed by atoms with Gasteiger partial charge in [0.1, 0.15) is 12.1 Å². The lowest BCUT2D eigenvalue weighted by molar-refractivity contribution is -0.148. The van der Waals surface area contributed by atoms with Gasteiger partial charge in [-0.2, -0.15) is 0 Å². The Morgan fingerprint density at radius 2 is 1.65 bits per heavy atom. The number of hydrogen-bond donors (Lipinski definition) is 3. The summed E-state index contributed by atoms with van der Waals surface area (Å²) < 4.78 is 16.9. The van der Waals surface area contributed by atoms with Crippen LogP contribution in [0.2, 0.25) is 0 Å². The predicted molar refractivity (Wildman–Crippen MR) is 198 cm³/mol. The van der Waals surface area contributed by atoms with E-state index >= 15 is 0 Å². The number of amides is 4. The molecule has 0 aromatic heterocycles. The molecule has 3 N–H and O–H groups in total. The highest BCUT2D eigenvalue weighted by Crippen LogP contribution is 2.30. The largest absolute Gasteiger partial charge is 0.467 e. The minimum atomic E-state index is -0.885. The zero-order valence-corrected chi connectivity index (χ0v) is 32.7. The van der Waals surface area contributed by atoms with E-state index in [0.29, 0.717) is 13.0 Å². The standard InChI is InChI=1S/C39H63N5O8/c1-10-25(4)34(43(6)38(48)33(24(2)3)42-37(47)28-18-14-20-40-28)31(50-7)23-32(45)44-21-15-19-30(44)35(51-8)26(5)36(46)41-29(39(49)52-9)22-27-16-12-11-13-17-27/h11-13,16-17,24-26,28-31,33-35,40H,10,14-15,18-23H2,1-9H3,(H,41,46)(H,42,47)/t25-,26+,28-,29-,30-,31+,33-,34-,35+/m0/s1. The van der Waals surface area contributed by atoms with Crippen molar-refractivity contribution in [3.05, 3.63) is 35.9 Å². The maximum absolute atomic E-state index is 14.2. The number of methoxy groups -OCH3 is 3. The number of esters is 1. The first kappa shape index (κ1) is 42.9. The van der Waals surface area contributed by atoms with E-state index in [-0.39, 0.29) is 60.4 Å². The fraction of sp³-hybridized carbons (Fsp3) is 0.718. The molecule has 52 heavy (non-hydrogen) atoms. The summed E-state index contributed by atoms with van der Waals surface area (Å²) in [7, 11) is 6.10. The number of carbonyl (C=O) groups excluding carboxylic acids is 5. The van der Waals surface area contributed by atoms with Crippen molar-refractivity contribution in [3.63, 3.8) is 0 Å². The molecule has 2 saturated heterocycles. The molecule has 2 aliphatic rings. The van der Waals surface area contributed by atoms with E-state index in [1.165, 1.54) is 14.2 Å². The van der Waals surface area contributed by atoms with Crippen molar-refractivity contribution in [1.82, 2.24) is 25.8 Å². The molecular formula is C39H63N5O8. The average Bonchev–Trinajstić information content (AvgIpc) is 3.86. The number of rotatable bonds is 19. The Balaban J connectivity index is 1.75. The van der Waals surface area contributed by atoms with Gasteiger partial charge in [-0.05, 0) is 49.6 Å². The molecule has 1 aromatic carbocycles. The van der Waals surface area contributed by atoms with Gasteiger partial charge in [0.15, 0.2) is 0 Å². The van der Waals surface area contributed by atoms with Gasteiger partial charge in [0, 0.05) is 34.2 Å². The molecule has 3 rings (SSSR count). The van der Waals surface area contributed by atoms with E-state index in [1.807, 2.05) is 58.0 Å². The van der Waals surface area contributed by atoms with Crippen LogP contribution in [0.3, 0.4) is 0 Å². The van der Waals surface area contributed by atoms with Crippen LogP contribution in [0.15, 0.2) is 30.3 Å². The highest BCUT2D eigenvalue weighted by molar-refractivity contribution is 5.90. The molecule has 2 fully saturated rings. The Bertz CT molecular complexity index is 1320. The van der Waals surface area contributed by atoms with Crippen molar-refractivity contribution in [2.75, 3.05) is 41.5 Å². The smallest absolute Gasteiger partial charge is 0.328 e. The van der Waals surface area contributed by atoms with Crippen LogP contribution in [0.1, 0.15) is 78.7 Å². The van der Waals surface area contributed by atoms with Crippen LogP contribution in [-0.4, -0.2) is 123 Å². The van der Waals surface area contributed by atoms with Crippen molar-refractivity contribution in [2.24, 2.45) is 17.8 Å². The summed E-state index contributed by atoms with van der Waals surface area (Å²) in [6.45, 7) is 10.9. The normalized spacial score (nSPS) is 21.4. The van der Waals surface area contributed by atoms with Gasteiger partial charge in [-0.3, -0.25) is 19.2 Å². The molecule has 0 spiro atoms.